The zero-order valence-corrected chi connectivity index (χ0v) is 13.2. The summed E-state index contributed by atoms with van der Waals surface area (Å²) >= 11 is 1.76. The maximum absolute atomic E-state index is 4.70. The summed E-state index contributed by atoms with van der Waals surface area (Å²) in [6.45, 7) is 8.18. The zero-order chi connectivity index (χ0) is 14.0. The molecule has 0 unspecified atom stereocenters. The number of aryl methyl sites for hydroxylation is 2. The molecule has 2 rings (SSSR count). The fraction of sp³-hybridized carbons (Fsp3) is 0.571. The maximum Gasteiger partial charge on any atom is 0.146 e. The summed E-state index contributed by atoms with van der Waals surface area (Å²) in [4.78, 5) is 13.9. The lowest BCUT2D eigenvalue weighted by molar-refractivity contribution is 0.391. The van der Waals surface area contributed by atoms with E-state index in [1.807, 2.05) is 14.1 Å². The van der Waals surface area contributed by atoms with E-state index in [1.54, 1.807) is 11.3 Å². The third-order valence-corrected chi connectivity index (χ3v) is 4.18. The molecule has 0 radical (unpaired) electrons. The highest BCUT2D eigenvalue weighted by Crippen LogP contribution is 2.33. The normalized spacial score (nSPS) is 11.5. The average molecular weight is 278 g/mol. The fourth-order valence-corrected chi connectivity index (χ4v) is 3.07. The van der Waals surface area contributed by atoms with Gasteiger partial charge in [0.1, 0.15) is 16.5 Å². The second kappa shape index (κ2) is 5.84. The van der Waals surface area contributed by atoms with Crippen LogP contribution in [0.4, 0.5) is 5.82 Å². The number of aromatic nitrogens is 2. The molecule has 0 fully saturated rings. The first-order valence-corrected chi connectivity index (χ1v) is 7.49. The van der Waals surface area contributed by atoms with E-state index in [4.69, 9.17) is 9.97 Å². The van der Waals surface area contributed by atoms with Crippen molar-refractivity contribution in [3.8, 4) is 0 Å². The number of nitrogens with one attached hydrogen (secondary N) is 1. The van der Waals surface area contributed by atoms with E-state index >= 15 is 0 Å². The molecule has 19 heavy (non-hydrogen) atoms. The van der Waals surface area contributed by atoms with E-state index in [9.17, 15) is 0 Å². The number of thiophene rings is 1. The van der Waals surface area contributed by atoms with E-state index in [-0.39, 0.29) is 0 Å². The van der Waals surface area contributed by atoms with Crippen molar-refractivity contribution in [2.45, 2.75) is 33.7 Å². The van der Waals surface area contributed by atoms with Crippen molar-refractivity contribution < 1.29 is 0 Å². The summed E-state index contributed by atoms with van der Waals surface area (Å²) in [5.41, 5.74) is 1.30. The van der Waals surface area contributed by atoms with Crippen LogP contribution in [0.15, 0.2) is 0 Å². The Morgan fingerprint density at radius 2 is 1.95 bits per heavy atom. The van der Waals surface area contributed by atoms with Crippen LogP contribution in [0.1, 0.15) is 29.6 Å². The average Bonchev–Trinajstić information content (AvgIpc) is 2.61. The van der Waals surface area contributed by atoms with Crippen LogP contribution in [-0.4, -0.2) is 35.5 Å². The second-order valence-corrected chi connectivity index (χ2v) is 6.32. The molecule has 104 valence electrons. The van der Waals surface area contributed by atoms with Gasteiger partial charge in [-0.1, -0.05) is 6.92 Å². The van der Waals surface area contributed by atoms with Gasteiger partial charge in [0, 0.05) is 11.4 Å². The molecule has 2 aromatic heterocycles. The molecule has 5 heteroatoms. The van der Waals surface area contributed by atoms with E-state index in [2.05, 4.69) is 31.0 Å². The number of nitrogens with zero attached hydrogens (tertiary/aromatic N) is 3. The number of hydrogen-bond donors (Lipinski definition) is 1. The van der Waals surface area contributed by atoms with Crippen LogP contribution >= 0.6 is 11.3 Å². The van der Waals surface area contributed by atoms with Crippen molar-refractivity contribution in [2.75, 3.05) is 26.0 Å². The molecule has 4 nitrogen and oxygen atoms in total. The fourth-order valence-electron chi connectivity index (χ4n) is 2.02. The molecule has 0 bridgehead atoms. The van der Waals surface area contributed by atoms with Gasteiger partial charge in [-0.15, -0.1) is 11.3 Å². The van der Waals surface area contributed by atoms with Crippen molar-refractivity contribution in [1.82, 2.24) is 14.9 Å². The lowest BCUT2D eigenvalue weighted by Gasteiger charge is -2.11. The van der Waals surface area contributed by atoms with E-state index in [0.717, 1.165) is 36.0 Å². The zero-order valence-electron chi connectivity index (χ0n) is 12.4. The molecule has 0 aliphatic carbocycles. The predicted molar refractivity (Wildman–Crippen MR) is 83.1 cm³/mol. The third-order valence-electron chi connectivity index (χ3n) is 3.08. The van der Waals surface area contributed by atoms with Crippen LogP contribution < -0.4 is 5.32 Å². The maximum atomic E-state index is 4.70. The van der Waals surface area contributed by atoms with Crippen molar-refractivity contribution in [1.29, 1.82) is 0 Å². The van der Waals surface area contributed by atoms with E-state index in [0.29, 0.717) is 0 Å². The number of anilines is 1. The molecule has 0 atom stereocenters. The van der Waals surface area contributed by atoms with Crippen molar-refractivity contribution in [3.05, 3.63) is 16.3 Å². The standard InChI is InChI=1S/C14H22N4S/c1-6-7-15-13-12-9(2)10(3)19-14(12)17-11(16-13)8-18(4)5/h6-8H2,1-5H3,(H,15,16,17). The molecular weight excluding hydrogens is 256 g/mol. The van der Waals surface area contributed by atoms with Crippen molar-refractivity contribution >= 4 is 27.4 Å². The molecule has 0 aromatic carbocycles. The Labute approximate surface area is 118 Å². The van der Waals surface area contributed by atoms with Crippen LogP contribution in [0.5, 0.6) is 0 Å². The minimum atomic E-state index is 0.771. The first kappa shape index (κ1) is 14.2. The highest BCUT2D eigenvalue weighted by Gasteiger charge is 2.14. The van der Waals surface area contributed by atoms with Gasteiger partial charge in [-0.3, -0.25) is 0 Å². The van der Waals surface area contributed by atoms with Gasteiger partial charge in [0.15, 0.2) is 0 Å². The summed E-state index contributed by atoms with van der Waals surface area (Å²) in [6, 6.07) is 0. The van der Waals surface area contributed by atoms with E-state index < -0.39 is 0 Å². The quantitative estimate of drug-likeness (QED) is 0.912. The van der Waals surface area contributed by atoms with Crippen LogP contribution in [0, 0.1) is 13.8 Å². The molecule has 2 aromatic rings. The first-order chi connectivity index (χ1) is 9.02. The van der Waals surface area contributed by atoms with Gasteiger partial charge < -0.3 is 10.2 Å². The monoisotopic (exact) mass is 278 g/mol. The van der Waals surface area contributed by atoms with Crippen LogP contribution in [0.2, 0.25) is 0 Å². The largest absolute Gasteiger partial charge is 0.369 e. The highest BCUT2D eigenvalue weighted by atomic mass is 32.1. The first-order valence-electron chi connectivity index (χ1n) is 6.68. The Balaban J connectivity index is 2.52. The smallest absolute Gasteiger partial charge is 0.146 e. The van der Waals surface area contributed by atoms with Gasteiger partial charge >= 0.3 is 0 Å². The van der Waals surface area contributed by atoms with Gasteiger partial charge in [-0.05, 0) is 39.9 Å². The molecule has 2 heterocycles. The summed E-state index contributed by atoms with van der Waals surface area (Å²) in [7, 11) is 4.08. The topological polar surface area (TPSA) is 41.1 Å². The molecular formula is C14H22N4S. The second-order valence-electron chi connectivity index (χ2n) is 5.12. The number of hydrogen-bond acceptors (Lipinski definition) is 5. The lowest BCUT2D eigenvalue weighted by Crippen LogP contribution is -2.14. The molecule has 0 saturated carbocycles. The highest BCUT2D eigenvalue weighted by molar-refractivity contribution is 7.18. The minimum Gasteiger partial charge on any atom is -0.369 e. The Morgan fingerprint density at radius 3 is 2.58 bits per heavy atom. The minimum absolute atomic E-state index is 0.771. The van der Waals surface area contributed by atoms with Gasteiger partial charge in [-0.2, -0.15) is 0 Å². The van der Waals surface area contributed by atoms with Crippen LogP contribution in [0.25, 0.3) is 10.2 Å². The van der Waals surface area contributed by atoms with Crippen LogP contribution in [-0.2, 0) is 6.54 Å². The molecule has 1 N–H and O–H groups in total. The molecule has 0 spiro atoms. The van der Waals surface area contributed by atoms with Gasteiger partial charge in [0.25, 0.3) is 0 Å². The van der Waals surface area contributed by atoms with Gasteiger partial charge in [0.05, 0.1) is 11.9 Å². The Bertz CT molecular complexity index is 574. The third kappa shape index (κ3) is 3.04. The molecule has 0 amide bonds. The number of rotatable bonds is 5. The van der Waals surface area contributed by atoms with Gasteiger partial charge in [-0.25, -0.2) is 9.97 Å². The summed E-state index contributed by atoms with van der Waals surface area (Å²) in [5, 5.41) is 4.64. The summed E-state index contributed by atoms with van der Waals surface area (Å²) in [5.74, 6) is 1.88. The molecule has 0 saturated heterocycles. The Kier molecular flexibility index (Phi) is 4.37. The SMILES string of the molecule is CCCNc1nc(CN(C)C)nc2sc(C)c(C)c12. The predicted octanol–water partition coefficient (Wildman–Crippen LogP) is 3.19. The van der Waals surface area contributed by atoms with Crippen molar-refractivity contribution in [3.63, 3.8) is 0 Å². The van der Waals surface area contributed by atoms with Gasteiger partial charge in [0.2, 0.25) is 0 Å². The summed E-state index contributed by atoms with van der Waals surface area (Å²) in [6.07, 6.45) is 1.09. The van der Waals surface area contributed by atoms with Crippen molar-refractivity contribution in [2.24, 2.45) is 0 Å². The van der Waals surface area contributed by atoms with Crippen LogP contribution in [0.3, 0.4) is 0 Å². The Hall–Kier alpha value is -1.20. The summed E-state index contributed by atoms with van der Waals surface area (Å²) < 4.78 is 0. The number of fused-ring (bicyclic) bond motifs is 1. The van der Waals surface area contributed by atoms with E-state index in [1.165, 1.54) is 15.8 Å². The molecule has 0 aliphatic heterocycles. The lowest BCUT2D eigenvalue weighted by atomic mass is 10.2. The molecule has 0 aliphatic rings. The Morgan fingerprint density at radius 1 is 1.21 bits per heavy atom.